The van der Waals surface area contributed by atoms with E-state index in [9.17, 15) is 22.0 Å². The lowest BCUT2D eigenvalue weighted by molar-refractivity contribution is -0.134. The zero-order valence-electron chi connectivity index (χ0n) is 26.2. The average molecular weight is 679 g/mol. The van der Waals surface area contributed by atoms with E-state index in [-0.39, 0.29) is 34.5 Å². The van der Waals surface area contributed by atoms with Gasteiger partial charge in [-0.2, -0.15) is 8.78 Å². The lowest BCUT2D eigenvalue weighted by Crippen LogP contribution is -2.46. The number of benzene rings is 2. The molecule has 1 unspecified atom stereocenters. The molecule has 3 aliphatic rings. The molecule has 0 spiro atoms. The van der Waals surface area contributed by atoms with Crippen molar-refractivity contribution >= 4 is 44.7 Å². The number of halogens is 3. The summed E-state index contributed by atoms with van der Waals surface area (Å²) >= 11 is 6.40. The number of likely N-dealkylation sites (tertiary alicyclic amines) is 1. The van der Waals surface area contributed by atoms with Crippen LogP contribution in [0.4, 0.5) is 20.2 Å². The molecule has 46 heavy (non-hydrogen) atoms. The first-order valence-corrected chi connectivity index (χ1v) is 17.5. The van der Waals surface area contributed by atoms with Crippen LogP contribution >= 0.6 is 11.6 Å². The first-order chi connectivity index (χ1) is 21.9. The zero-order chi connectivity index (χ0) is 33.0. The van der Waals surface area contributed by atoms with Gasteiger partial charge in [-0.25, -0.2) is 13.4 Å². The topological polar surface area (TPSA) is 124 Å². The van der Waals surface area contributed by atoms with Crippen molar-refractivity contribution in [1.29, 1.82) is 0 Å². The second-order valence-corrected chi connectivity index (χ2v) is 14.6. The van der Waals surface area contributed by atoms with Crippen molar-refractivity contribution in [2.24, 2.45) is 10.9 Å². The predicted octanol–water partition coefficient (Wildman–Crippen LogP) is 5.37. The Morgan fingerprint density at radius 1 is 1.15 bits per heavy atom. The van der Waals surface area contributed by atoms with E-state index in [4.69, 9.17) is 16.3 Å². The van der Waals surface area contributed by atoms with Gasteiger partial charge in [0, 0.05) is 19.3 Å². The smallest absolute Gasteiger partial charge is 0.341 e. The molecule has 2 saturated heterocycles. The Labute approximate surface area is 273 Å². The number of carbonyl (C=O) groups excluding carboxylic acids is 1. The highest BCUT2D eigenvalue weighted by Gasteiger charge is 2.32. The molecule has 0 aliphatic carbocycles. The Morgan fingerprint density at radius 3 is 2.57 bits per heavy atom. The predicted molar refractivity (Wildman–Crippen MR) is 176 cm³/mol. The van der Waals surface area contributed by atoms with Gasteiger partial charge in [0.1, 0.15) is 5.75 Å². The summed E-state index contributed by atoms with van der Waals surface area (Å²) in [6, 6.07) is 9.41. The number of amides is 1. The van der Waals surface area contributed by atoms with Crippen LogP contribution in [-0.4, -0.2) is 69.4 Å². The van der Waals surface area contributed by atoms with Crippen LogP contribution in [0.15, 0.2) is 57.5 Å². The maximum absolute atomic E-state index is 13.3. The van der Waals surface area contributed by atoms with Gasteiger partial charge >= 0.3 is 5.76 Å². The molecule has 4 N–H and O–H groups in total. The highest BCUT2D eigenvalue weighted by molar-refractivity contribution is 7.91. The van der Waals surface area contributed by atoms with Gasteiger partial charge in [-0.3, -0.25) is 4.79 Å². The van der Waals surface area contributed by atoms with E-state index in [1.807, 2.05) is 17.9 Å². The average Bonchev–Trinajstić information content (AvgIpc) is 3.57. The van der Waals surface area contributed by atoms with Crippen LogP contribution in [0.1, 0.15) is 56.6 Å². The van der Waals surface area contributed by atoms with E-state index in [0.29, 0.717) is 37.1 Å². The van der Waals surface area contributed by atoms with Crippen LogP contribution in [0, 0.1) is 12.8 Å². The molecule has 3 heterocycles. The fourth-order valence-corrected chi connectivity index (χ4v) is 7.01. The van der Waals surface area contributed by atoms with E-state index in [0.717, 1.165) is 43.9 Å². The van der Waals surface area contributed by atoms with Crippen LogP contribution < -0.4 is 26.0 Å². The lowest BCUT2D eigenvalue weighted by Gasteiger charge is -2.34. The first-order valence-electron chi connectivity index (χ1n) is 15.6. The molecule has 0 bridgehead atoms. The Morgan fingerprint density at radius 2 is 1.89 bits per heavy atom. The molecule has 5 rings (SSSR count). The standard InChI is InChI=1S/C32H41ClF2N6O4S/c1-19(2)18-45-27-16-22(21-10-13-41(14-11-21)30(42)25-8-6-12-36-25)20(3)15-26(27)39-32-37-17-23(33)29(40-32)38-24-7-4-5-9-28(24)46(43,44)31(34)35/h4-5,7,9,15-17,19,21,25,29,31,36,38H,6,8,10-14,18H2,1-3H3,(H2,37,39,40)/t25-,29?/m0/s1. The molecule has 1 amide bonds. The van der Waals surface area contributed by atoms with Crippen LogP contribution in [0.5, 0.6) is 5.75 Å². The number of hydrogen-bond acceptors (Lipinski definition) is 9. The Balaban J connectivity index is 1.34. The second-order valence-electron chi connectivity index (χ2n) is 12.3. The minimum absolute atomic E-state index is 0.0437. The molecule has 14 heteroatoms. The summed E-state index contributed by atoms with van der Waals surface area (Å²) in [5, 5.41) is 12.7. The largest absolute Gasteiger partial charge is 0.491 e. The minimum Gasteiger partial charge on any atom is -0.491 e. The number of para-hydroxylation sites is 1. The van der Waals surface area contributed by atoms with Crippen LogP contribution in [0.25, 0.3) is 0 Å². The molecule has 0 radical (unpaired) electrons. The van der Waals surface area contributed by atoms with Gasteiger partial charge in [-0.15, -0.1) is 0 Å². The number of sulfone groups is 1. The summed E-state index contributed by atoms with van der Waals surface area (Å²) in [5.74, 6) is -1.87. The van der Waals surface area contributed by atoms with Crippen molar-refractivity contribution in [3.63, 3.8) is 0 Å². The fraction of sp³-hybridized carbons (Fsp3) is 0.500. The molecular weight excluding hydrogens is 638 g/mol. The molecule has 2 aromatic carbocycles. The van der Waals surface area contributed by atoms with Gasteiger partial charge in [-0.1, -0.05) is 37.6 Å². The van der Waals surface area contributed by atoms with E-state index in [1.54, 1.807) is 0 Å². The SMILES string of the molecule is Cc1cc(NC2=NC(Nc3ccccc3S(=O)(=O)C(F)F)C(Cl)=CN2)c(OCC(C)C)cc1C1CCN(C(=O)[C@@H]2CCCN2)CC1. The maximum atomic E-state index is 13.3. The highest BCUT2D eigenvalue weighted by atomic mass is 35.5. The fourth-order valence-electron chi connectivity index (χ4n) is 5.96. The normalized spacial score (nSPS) is 20.7. The summed E-state index contributed by atoms with van der Waals surface area (Å²) in [4.78, 5) is 18.9. The number of piperidine rings is 1. The first kappa shape index (κ1) is 33.9. The molecule has 0 saturated carbocycles. The van der Waals surface area contributed by atoms with Crippen molar-refractivity contribution in [3.8, 4) is 5.75 Å². The number of nitrogens with zero attached hydrogens (tertiary/aromatic N) is 2. The Hall–Kier alpha value is -3.42. The number of carbonyl (C=O) groups is 1. The van der Waals surface area contributed by atoms with E-state index < -0.39 is 26.7 Å². The third kappa shape index (κ3) is 7.75. The van der Waals surface area contributed by atoms with Gasteiger partial charge in [0.25, 0.3) is 0 Å². The van der Waals surface area contributed by atoms with Crippen molar-refractivity contribution in [2.45, 2.75) is 75.2 Å². The maximum Gasteiger partial charge on any atom is 0.341 e. The summed E-state index contributed by atoms with van der Waals surface area (Å²) in [5.41, 5.74) is 2.86. The third-order valence-electron chi connectivity index (χ3n) is 8.38. The number of aryl methyl sites for hydroxylation is 1. The number of guanidine groups is 1. The van der Waals surface area contributed by atoms with E-state index in [1.165, 1.54) is 30.0 Å². The zero-order valence-corrected chi connectivity index (χ0v) is 27.7. The van der Waals surface area contributed by atoms with Gasteiger partial charge in [0.2, 0.25) is 21.7 Å². The monoisotopic (exact) mass is 678 g/mol. The van der Waals surface area contributed by atoms with Gasteiger partial charge in [0.05, 0.1) is 34.0 Å². The quantitative estimate of drug-likeness (QED) is 0.264. The highest BCUT2D eigenvalue weighted by Crippen LogP contribution is 2.37. The Kier molecular flexibility index (Phi) is 10.7. The van der Waals surface area contributed by atoms with Crippen molar-refractivity contribution in [3.05, 3.63) is 58.8 Å². The van der Waals surface area contributed by atoms with Crippen LogP contribution in [0.3, 0.4) is 0 Å². The van der Waals surface area contributed by atoms with Crippen molar-refractivity contribution < 1.29 is 26.7 Å². The van der Waals surface area contributed by atoms with Crippen LogP contribution in [-0.2, 0) is 14.6 Å². The van der Waals surface area contributed by atoms with Crippen molar-refractivity contribution in [2.75, 3.05) is 36.9 Å². The molecule has 10 nitrogen and oxygen atoms in total. The lowest BCUT2D eigenvalue weighted by atomic mass is 9.86. The molecule has 250 valence electrons. The minimum atomic E-state index is -4.86. The Bertz CT molecular complexity index is 1590. The second kappa shape index (κ2) is 14.6. The third-order valence-corrected chi connectivity index (χ3v) is 10.1. The molecule has 2 aromatic rings. The number of ether oxygens (including phenoxy) is 1. The van der Waals surface area contributed by atoms with Gasteiger partial charge < -0.3 is 30.9 Å². The van der Waals surface area contributed by atoms with Gasteiger partial charge in [-0.05, 0) is 86.4 Å². The summed E-state index contributed by atoms with van der Waals surface area (Å²) in [6.07, 6.45) is 4.20. The van der Waals surface area contributed by atoms with Crippen molar-refractivity contribution in [1.82, 2.24) is 15.5 Å². The molecule has 3 aliphatic heterocycles. The molecular formula is C32H41ClF2N6O4S. The summed E-state index contributed by atoms with van der Waals surface area (Å²) in [6.45, 7) is 8.99. The summed E-state index contributed by atoms with van der Waals surface area (Å²) in [7, 11) is -4.86. The number of rotatable bonds is 10. The van der Waals surface area contributed by atoms with E-state index in [2.05, 4.69) is 46.2 Å². The number of alkyl halides is 2. The summed E-state index contributed by atoms with van der Waals surface area (Å²) < 4.78 is 57.5. The number of nitrogens with one attached hydrogen (secondary N) is 4. The van der Waals surface area contributed by atoms with Crippen LogP contribution in [0.2, 0.25) is 0 Å². The van der Waals surface area contributed by atoms with E-state index >= 15 is 0 Å². The number of anilines is 2. The molecule has 2 atom stereocenters. The number of hydrogen-bond donors (Lipinski definition) is 4. The number of aliphatic imine (C=N–C) groups is 1. The molecule has 2 fully saturated rings. The van der Waals surface area contributed by atoms with Gasteiger partial charge in [0.15, 0.2) is 6.17 Å². The molecule has 0 aromatic heterocycles.